The standard InChI is InChI=1S/C23H31N3O2/c1-28-22-11-7-10-21(18-22)25-20-12-16-26(17-13-20)15-6-5-14-24-23(27)19-8-3-2-4-9-19/h2-4,7-11,18,20,25H,5-6,12-17H2,1H3,(H,24,27). The van der Waals surface area contributed by atoms with Crippen LogP contribution in [-0.2, 0) is 0 Å². The van der Waals surface area contributed by atoms with Crippen LogP contribution in [0.3, 0.4) is 0 Å². The third-order valence-corrected chi connectivity index (χ3v) is 5.25. The molecule has 0 atom stereocenters. The molecule has 1 aliphatic rings. The maximum absolute atomic E-state index is 12.0. The number of methoxy groups -OCH3 is 1. The van der Waals surface area contributed by atoms with Gasteiger partial charge in [0.15, 0.2) is 0 Å². The lowest BCUT2D eigenvalue weighted by Crippen LogP contribution is -2.39. The molecule has 1 aliphatic heterocycles. The van der Waals surface area contributed by atoms with Gasteiger partial charge in [0.1, 0.15) is 5.75 Å². The first-order valence-corrected chi connectivity index (χ1v) is 10.2. The van der Waals surface area contributed by atoms with Crippen molar-refractivity contribution >= 4 is 11.6 Å². The molecule has 0 radical (unpaired) electrons. The molecule has 1 fully saturated rings. The number of ether oxygens (including phenoxy) is 1. The Labute approximate surface area is 168 Å². The van der Waals surface area contributed by atoms with E-state index in [0.717, 1.165) is 68.9 Å². The van der Waals surface area contributed by atoms with Crippen molar-refractivity contribution in [3.63, 3.8) is 0 Å². The first-order valence-electron chi connectivity index (χ1n) is 10.2. The number of benzene rings is 2. The topological polar surface area (TPSA) is 53.6 Å². The monoisotopic (exact) mass is 381 g/mol. The van der Waals surface area contributed by atoms with Gasteiger partial charge in [-0.2, -0.15) is 0 Å². The van der Waals surface area contributed by atoms with E-state index in [0.29, 0.717) is 6.04 Å². The molecular weight excluding hydrogens is 350 g/mol. The van der Waals surface area contributed by atoms with Gasteiger partial charge in [0.25, 0.3) is 5.91 Å². The Morgan fingerprint density at radius 1 is 1.07 bits per heavy atom. The fourth-order valence-corrected chi connectivity index (χ4v) is 3.60. The van der Waals surface area contributed by atoms with Crippen LogP contribution >= 0.6 is 0 Å². The van der Waals surface area contributed by atoms with Gasteiger partial charge in [-0.05, 0) is 56.5 Å². The van der Waals surface area contributed by atoms with Crippen molar-refractivity contribution in [2.45, 2.75) is 31.7 Å². The van der Waals surface area contributed by atoms with E-state index in [-0.39, 0.29) is 5.91 Å². The Morgan fingerprint density at radius 3 is 2.61 bits per heavy atom. The molecule has 28 heavy (non-hydrogen) atoms. The summed E-state index contributed by atoms with van der Waals surface area (Å²) < 4.78 is 5.29. The van der Waals surface area contributed by atoms with Gasteiger partial charge in [0.2, 0.25) is 0 Å². The number of carbonyl (C=O) groups excluding carboxylic acids is 1. The minimum Gasteiger partial charge on any atom is -0.497 e. The number of unbranched alkanes of at least 4 members (excludes halogenated alkanes) is 1. The maximum atomic E-state index is 12.0. The van der Waals surface area contributed by atoms with Gasteiger partial charge in [-0.25, -0.2) is 0 Å². The molecule has 0 spiro atoms. The van der Waals surface area contributed by atoms with Gasteiger partial charge >= 0.3 is 0 Å². The molecule has 1 saturated heterocycles. The van der Waals surface area contributed by atoms with Crippen molar-refractivity contribution in [3.8, 4) is 5.75 Å². The number of nitrogens with one attached hydrogen (secondary N) is 2. The third-order valence-electron chi connectivity index (χ3n) is 5.25. The lowest BCUT2D eigenvalue weighted by Gasteiger charge is -2.33. The molecule has 2 N–H and O–H groups in total. The molecule has 2 aromatic carbocycles. The van der Waals surface area contributed by atoms with E-state index in [1.807, 2.05) is 42.5 Å². The number of hydrogen-bond donors (Lipinski definition) is 2. The summed E-state index contributed by atoms with van der Waals surface area (Å²) in [5.41, 5.74) is 1.86. The van der Waals surface area contributed by atoms with Crippen LogP contribution < -0.4 is 15.4 Å². The molecule has 1 amide bonds. The second-order valence-electron chi connectivity index (χ2n) is 7.32. The number of anilines is 1. The highest BCUT2D eigenvalue weighted by Crippen LogP contribution is 2.21. The fourth-order valence-electron chi connectivity index (χ4n) is 3.60. The summed E-state index contributed by atoms with van der Waals surface area (Å²) in [5.74, 6) is 0.909. The number of hydrogen-bond acceptors (Lipinski definition) is 4. The van der Waals surface area contributed by atoms with Crippen molar-refractivity contribution in [1.29, 1.82) is 0 Å². The molecule has 0 aromatic heterocycles. The molecule has 2 aromatic rings. The second kappa shape index (κ2) is 10.7. The first kappa shape index (κ1) is 20.2. The molecule has 0 saturated carbocycles. The van der Waals surface area contributed by atoms with Crippen molar-refractivity contribution in [2.24, 2.45) is 0 Å². The van der Waals surface area contributed by atoms with E-state index >= 15 is 0 Å². The SMILES string of the molecule is COc1cccc(NC2CCN(CCCCNC(=O)c3ccccc3)CC2)c1. The average Bonchev–Trinajstić information content (AvgIpc) is 2.75. The molecule has 3 rings (SSSR count). The Balaban J connectivity index is 1.28. The molecule has 5 nitrogen and oxygen atoms in total. The van der Waals surface area contributed by atoms with Crippen LogP contribution in [0.1, 0.15) is 36.0 Å². The lowest BCUT2D eigenvalue weighted by molar-refractivity contribution is 0.0952. The van der Waals surface area contributed by atoms with Crippen LogP contribution in [0.4, 0.5) is 5.69 Å². The molecule has 0 aliphatic carbocycles. The average molecular weight is 382 g/mol. The Hall–Kier alpha value is -2.53. The zero-order valence-corrected chi connectivity index (χ0v) is 16.7. The smallest absolute Gasteiger partial charge is 0.251 e. The highest BCUT2D eigenvalue weighted by Gasteiger charge is 2.18. The summed E-state index contributed by atoms with van der Waals surface area (Å²) in [6, 6.07) is 18.1. The molecule has 0 unspecified atom stereocenters. The van der Waals surface area contributed by atoms with Gasteiger partial charge in [0.05, 0.1) is 7.11 Å². The highest BCUT2D eigenvalue weighted by atomic mass is 16.5. The normalized spacial score (nSPS) is 15.2. The summed E-state index contributed by atoms with van der Waals surface area (Å²) in [7, 11) is 1.70. The number of carbonyl (C=O) groups is 1. The lowest BCUT2D eigenvalue weighted by atomic mass is 10.0. The summed E-state index contributed by atoms with van der Waals surface area (Å²) in [6.45, 7) is 4.09. The van der Waals surface area contributed by atoms with E-state index in [1.54, 1.807) is 7.11 Å². The van der Waals surface area contributed by atoms with Crippen LogP contribution in [-0.4, -0.2) is 50.1 Å². The van der Waals surface area contributed by atoms with Crippen molar-refractivity contribution in [2.75, 3.05) is 38.6 Å². The Bertz CT molecular complexity index is 728. The van der Waals surface area contributed by atoms with E-state index < -0.39 is 0 Å². The van der Waals surface area contributed by atoms with E-state index in [9.17, 15) is 4.79 Å². The van der Waals surface area contributed by atoms with E-state index in [1.165, 1.54) is 0 Å². The van der Waals surface area contributed by atoms with Gasteiger partial charge in [-0.15, -0.1) is 0 Å². The predicted molar refractivity (Wildman–Crippen MR) is 114 cm³/mol. The highest BCUT2D eigenvalue weighted by molar-refractivity contribution is 5.94. The Kier molecular flexibility index (Phi) is 7.73. The minimum absolute atomic E-state index is 0.0185. The van der Waals surface area contributed by atoms with E-state index in [4.69, 9.17) is 4.74 Å². The molecule has 0 bridgehead atoms. The summed E-state index contributed by atoms with van der Waals surface area (Å²) in [4.78, 5) is 14.5. The summed E-state index contributed by atoms with van der Waals surface area (Å²) >= 11 is 0. The molecule has 1 heterocycles. The van der Waals surface area contributed by atoms with Crippen LogP contribution in [0.2, 0.25) is 0 Å². The van der Waals surface area contributed by atoms with Crippen LogP contribution in [0.5, 0.6) is 5.75 Å². The molecule has 5 heteroatoms. The third kappa shape index (κ3) is 6.27. The largest absolute Gasteiger partial charge is 0.497 e. The van der Waals surface area contributed by atoms with Gasteiger partial charge in [0, 0.05) is 43.0 Å². The predicted octanol–water partition coefficient (Wildman–Crippen LogP) is 3.78. The molecule has 150 valence electrons. The van der Waals surface area contributed by atoms with Crippen molar-refractivity contribution in [1.82, 2.24) is 10.2 Å². The van der Waals surface area contributed by atoms with Crippen LogP contribution in [0.25, 0.3) is 0 Å². The summed E-state index contributed by atoms with van der Waals surface area (Å²) in [6.07, 6.45) is 4.44. The minimum atomic E-state index is 0.0185. The van der Waals surface area contributed by atoms with Gasteiger partial charge < -0.3 is 20.3 Å². The second-order valence-corrected chi connectivity index (χ2v) is 7.32. The number of nitrogens with zero attached hydrogens (tertiary/aromatic N) is 1. The number of rotatable bonds is 9. The van der Waals surface area contributed by atoms with E-state index in [2.05, 4.69) is 27.7 Å². The zero-order chi connectivity index (χ0) is 19.6. The zero-order valence-electron chi connectivity index (χ0n) is 16.7. The van der Waals surface area contributed by atoms with Crippen LogP contribution in [0.15, 0.2) is 54.6 Å². The van der Waals surface area contributed by atoms with Gasteiger partial charge in [-0.1, -0.05) is 24.3 Å². The van der Waals surface area contributed by atoms with Gasteiger partial charge in [-0.3, -0.25) is 4.79 Å². The van der Waals surface area contributed by atoms with Crippen molar-refractivity contribution in [3.05, 3.63) is 60.2 Å². The summed E-state index contributed by atoms with van der Waals surface area (Å²) in [5, 5.41) is 6.63. The maximum Gasteiger partial charge on any atom is 0.251 e. The number of likely N-dealkylation sites (tertiary alicyclic amines) is 1. The fraction of sp³-hybridized carbons (Fsp3) is 0.435. The molecular formula is C23H31N3O2. The number of piperidine rings is 1. The first-order chi connectivity index (χ1) is 13.7. The number of amides is 1. The Morgan fingerprint density at radius 2 is 1.86 bits per heavy atom. The van der Waals surface area contributed by atoms with Crippen molar-refractivity contribution < 1.29 is 9.53 Å². The van der Waals surface area contributed by atoms with Crippen LogP contribution in [0, 0.1) is 0 Å². The quantitative estimate of drug-likeness (QED) is 0.649.